The van der Waals surface area contributed by atoms with Gasteiger partial charge in [-0.2, -0.15) is 0 Å². The zero-order valence-corrected chi connectivity index (χ0v) is 10.1. The van der Waals surface area contributed by atoms with Crippen LogP contribution in [0.15, 0.2) is 18.2 Å². The van der Waals surface area contributed by atoms with E-state index in [0.717, 1.165) is 16.6 Å². The molecule has 1 heterocycles. The normalized spacial score (nSPS) is 12.4. The van der Waals surface area contributed by atoms with Crippen LogP contribution >= 0.6 is 0 Å². The zero-order valence-electron chi connectivity index (χ0n) is 10.1. The molecule has 0 radical (unpaired) electrons. The first-order valence-corrected chi connectivity index (χ1v) is 5.35. The van der Waals surface area contributed by atoms with Gasteiger partial charge in [-0.05, 0) is 39.0 Å². The van der Waals surface area contributed by atoms with Crippen molar-refractivity contribution in [2.45, 2.75) is 26.3 Å². The highest BCUT2D eigenvalue weighted by Crippen LogP contribution is 2.27. The molecule has 0 aliphatic rings. The molecule has 0 bridgehead atoms. The summed E-state index contributed by atoms with van der Waals surface area (Å²) >= 11 is 0. The molecule has 0 amide bonds. The van der Waals surface area contributed by atoms with Crippen molar-refractivity contribution in [3.05, 3.63) is 35.3 Å². The molecule has 3 heteroatoms. The lowest BCUT2D eigenvalue weighted by molar-refractivity contribution is 0.502. The molecule has 16 heavy (non-hydrogen) atoms. The summed E-state index contributed by atoms with van der Waals surface area (Å²) in [7, 11) is 1.98. The molecular formula is C13H17FN2. The second-order valence-corrected chi connectivity index (χ2v) is 4.96. The summed E-state index contributed by atoms with van der Waals surface area (Å²) in [6, 6.07) is 5.38. The number of nitrogens with zero attached hydrogens (tertiary/aromatic N) is 1. The monoisotopic (exact) mass is 220 g/mol. The Balaban J connectivity index is 2.79. The Morgan fingerprint density at radius 1 is 1.25 bits per heavy atom. The van der Waals surface area contributed by atoms with Gasteiger partial charge in [-0.25, -0.2) is 4.39 Å². The topological polar surface area (TPSA) is 30.9 Å². The molecule has 0 saturated carbocycles. The summed E-state index contributed by atoms with van der Waals surface area (Å²) in [5.74, 6) is -0.231. The minimum absolute atomic E-state index is 0.231. The predicted octanol–water partition coefficient (Wildman–Crippen LogP) is 2.82. The maximum atomic E-state index is 13.9. The van der Waals surface area contributed by atoms with Gasteiger partial charge in [0.1, 0.15) is 5.82 Å². The molecule has 0 fully saturated rings. The van der Waals surface area contributed by atoms with Crippen LogP contribution in [0.25, 0.3) is 10.9 Å². The third kappa shape index (κ3) is 1.61. The number of fused-ring (bicyclic) bond motifs is 1. The standard InChI is InChI=1S/C13H17FN2/c1-8-5-9-6-11(14)10(13(2,3)15)7-12(9)16(8)4/h5-7H,15H2,1-4H3. The van der Waals surface area contributed by atoms with Crippen LogP contribution < -0.4 is 5.73 Å². The SMILES string of the molecule is Cc1cc2cc(F)c(C(C)(C)N)cc2n1C. The van der Waals surface area contributed by atoms with Crippen molar-refractivity contribution in [2.24, 2.45) is 12.8 Å². The summed E-state index contributed by atoms with van der Waals surface area (Å²) in [5, 5.41) is 0.922. The van der Waals surface area contributed by atoms with Gasteiger partial charge in [0.2, 0.25) is 0 Å². The van der Waals surface area contributed by atoms with E-state index in [1.807, 2.05) is 44.5 Å². The van der Waals surface area contributed by atoms with E-state index in [1.54, 1.807) is 6.07 Å². The largest absolute Gasteiger partial charge is 0.348 e. The van der Waals surface area contributed by atoms with Crippen LogP contribution in [-0.4, -0.2) is 4.57 Å². The Labute approximate surface area is 94.9 Å². The number of halogens is 1. The quantitative estimate of drug-likeness (QED) is 0.787. The molecule has 86 valence electrons. The van der Waals surface area contributed by atoms with E-state index in [9.17, 15) is 4.39 Å². The number of aryl methyl sites for hydroxylation is 2. The highest BCUT2D eigenvalue weighted by molar-refractivity contribution is 5.82. The number of benzene rings is 1. The molecule has 0 atom stereocenters. The first-order valence-electron chi connectivity index (χ1n) is 5.35. The first-order chi connectivity index (χ1) is 7.30. The molecule has 2 aromatic rings. The predicted molar refractivity (Wildman–Crippen MR) is 64.8 cm³/mol. The molecule has 1 aromatic heterocycles. The van der Waals surface area contributed by atoms with Crippen LogP contribution in [0.1, 0.15) is 25.1 Å². The smallest absolute Gasteiger partial charge is 0.128 e. The Hall–Kier alpha value is -1.35. The summed E-state index contributed by atoms with van der Waals surface area (Å²) in [6.07, 6.45) is 0. The number of rotatable bonds is 1. The van der Waals surface area contributed by atoms with Crippen molar-refractivity contribution in [1.82, 2.24) is 4.57 Å². The number of aromatic nitrogens is 1. The van der Waals surface area contributed by atoms with Gasteiger partial charge in [0.15, 0.2) is 0 Å². The van der Waals surface area contributed by atoms with Crippen LogP contribution in [-0.2, 0) is 12.6 Å². The molecule has 2 nitrogen and oxygen atoms in total. The van der Waals surface area contributed by atoms with Gasteiger partial charge >= 0.3 is 0 Å². The minimum Gasteiger partial charge on any atom is -0.348 e. The molecule has 0 aliphatic heterocycles. The summed E-state index contributed by atoms with van der Waals surface area (Å²) in [6.45, 7) is 5.63. The molecule has 0 spiro atoms. The summed E-state index contributed by atoms with van der Waals surface area (Å²) in [5.41, 5.74) is 7.99. The maximum Gasteiger partial charge on any atom is 0.128 e. The van der Waals surface area contributed by atoms with E-state index in [4.69, 9.17) is 5.73 Å². The minimum atomic E-state index is -0.656. The first kappa shape index (κ1) is 11.1. The fraction of sp³-hybridized carbons (Fsp3) is 0.385. The van der Waals surface area contributed by atoms with Gasteiger partial charge < -0.3 is 10.3 Å². The second kappa shape index (κ2) is 3.32. The highest BCUT2D eigenvalue weighted by atomic mass is 19.1. The van der Waals surface area contributed by atoms with Crippen molar-refractivity contribution in [3.8, 4) is 0 Å². The third-order valence-electron chi connectivity index (χ3n) is 3.07. The second-order valence-electron chi connectivity index (χ2n) is 4.96. The van der Waals surface area contributed by atoms with Gasteiger partial charge in [0.25, 0.3) is 0 Å². The Kier molecular flexibility index (Phi) is 2.31. The molecule has 2 N–H and O–H groups in total. The maximum absolute atomic E-state index is 13.9. The molecular weight excluding hydrogens is 203 g/mol. The number of hydrogen-bond donors (Lipinski definition) is 1. The summed E-state index contributed by atoms with van der Waals surface area (Å²) in [4.78, 5) is 0. The molecule has 2 rings (SSSR count). The van der Waals surface area contributed by atoms with E-state index in [0.29, 0.717) is 5.56 Å². The van der Waals surface area contributed by atoms with Crippen LogP contribution in [0.2, 0.25) is 0 Å². The average Bonchev–Trinajstić information content (AvgIpc) is 2.39. The lowest BCUT2D eigenvalue weighted by Gasteiger charge is -2.20. The van der Waals surface area contributed by atoms with Crippen LogP contribution in [0, 0.1) is 12.7 Å². The number of nitrogens with two attached hydrogens (primary N) is 1. The third-order valence-corrected chi connectivity index (χ3v) is 3.07. The Bertz CT molecular complexity index is 547. The van der Waals surface area contributed by atoms with Crippen LogP contribution in [0.5, 0.6) is 0 Å². The average molecular weight is 220 g/mol. The van der Waals surface area contributed by atoms with Crippen molar-refractivity contribution in [1.29, 1.82) is 0 Å². The van der Waals surface area contributed by atoms with Gasteiger partial charge in [-0.3, -0.25) is 0 Å². The zero-order chi connectivity index (χ0) is 12.1. The van der Waals surface area contributed by atoms with Gasteiger partial charge in [0.05, 0.1) is 0 Å². The van der Waals surface area contributed by atoms with Crippen molar-refractivity contribution in [3.63, 3.8) is 0 Å². The van der Waals surface area contributed by atoms with E-state index >= 15 is 0 Å². The van der Waals surface area contributed by atoms with E-state index < -0.39 is 5.54 Å². The molecule has 0 unspecified atom stereocenters. The van der Waals surface area contributed by atoms with Crippen molar-refractivity contribution < 1.29 is 4.39 Å². The fourth-order valence-corrected chi connectivity index (χ4v) is 1.99. The lowest BCUT2D eigenvalue weighted by atomic mass is 9.94. The van der Waals surface area contributed by atoms with Crippen LogP contribution in [0.3, 0.4) is 0 Å². The lowest BCUT2D eigenvalue weighted by Crippen LogP contribution is -2.29. The van der Waals surface area contributed by atoms with E-state index in [2.05, 4.69) is 0 Å². The van der Waals surface area contributed by atoms with Crippen molar-refractivity contribution in [2.75, 3.05) is 0 Å². The van der Waals surface area contributed by atoms with Crippen LogP contribution in [0.4, 0.5) is 4.39 Å². The Morgan fingerprint density at radius 2 is 1.88 bits per heavy atom. The van der Waals surface area contributed by atoms with Gasteiger partial charge in [-0.15, -0.1) is 0 Å². The highest BCUT2D eigenvalue weighted by Gasteiger charge is 2.20. The van der Waals surface area contributed by atoms with E-state index in [1.165, 1.54) is 0 Å². The number of hydrogen-bond acceptors (Lipinski definition) is 1. The molecule has 1 aromatic carbocycles. The molecule has 0 saturated heterocycles. The van der Waals surface area contributed by atoms with Gasteiger partial charge in [0, 0.05) is 34.7 Å². The van der Waals surface area contributed by atoms with E-state index in [-0.39, 0.29) is 5.82 Å². The molecule has 0 aliphatic carbocycles. The van der Waals surface area contributed by atoms with Gasteiger partial charge in [-0.1, -0.05) is 0 Å². The fourth-order valence-electron chi connectivity index (χ4n) is 1.99. The Morgan fingerprint density at radius 3 is 2.44 bits per heavy atom. The van der Waals surface area contributed by atoms with Crippen molar-refractivity contribution >= 4 is 10.9 Å². The summed E-state index contributed by atoms with van der Waals surface area (Å²) < 4.78 is 15.9.